The maximum atomic E-state index is 9.91. The van der Waals surface area contributed by atoms with Crippen LogP contribution < -0.4 is 4.90 Å². The zero-order valence-electron chi connectivity index (χ0n) is 15.2. The SMILES string of the molecule is CN=C(C)Cn1ccc2c(N3CCC(O)C3)nc(C(C)(C)C)nc21. The number of nitrogens with zero attached hydrogens (tertiary/aromatic N) is 5. The van der Waals surface area contributed by atoms with E-state index in [1.165, 1.54) is 0 Å². The first kappa shape index (κ1) is 16.9. The molecule has 3 heterocycles. The first-order valence-electron chi connectivity index (χ1n) is 8.52. The summed E-state index contributed by atoms with van der Waals surface area (Å²) in [5.74, 6) is 1.77. The number of hydrogen-bond acceptors (Lipinski definition) is 5. The molecular weight excluding hydrogens is 302 g/mol. The highest BCUT2D eigenvalue weighted by Crippen LogP contribution is 2.31. The maximum Gasteiger partial charge on any atom is 0.146 e. The van der Waals surface area contributed by atoms with Crippen LogP contribution >= 0.6 is 0 Å². The van der Waals surface area contributed by atoms with Gasteiger partial charge in [-0.2, -0.15) is 0 Å². The molecule has 130 valence electrons. The van der Waals surface area contributed by atoms with Gasteiger partial charge in [-0.3, -0.25) is 4.99 Å². The van der Waals surface area contributed by atoms with Crippen molar-refractivity contribution in [3.05, 3.63) is 18.1 Å². The van der Waals surface area contributed by atoms with E-state index < -0.39 is 0 Å². The molecule has 6 nitrogen and oxygen atoms in total. The molecule has 0 radical (unpaired) electrons. The molecule has 6 heteroatoms. The smallest absolute Gasteiger partial charge is 0.146 e. The molecule has 2 aromatic rings. The van der Waals surface area contributed by atoms with Gasteiger partial charge >= 0.3 is 0 Å². The van der Waals surface area contributed by atoms with Crippen LogP contribution in [0.5, 0.6) is 0 Å². The fourth-order valence-electron chi connectivity index (χ4n) is 3.00. The molecule has 1 fully saturated rings. The van der Waals surface area contributed by atoms with E-state index in [4.69, 9.17) is 9.97 Å². The van der Waals surface area contributed by atoms with E-state index in [0.29, 0.717) is 6.54 Å². The summed E-state index contributed by atoms with van der Waals surface area (Å²) in [7, 11) is 1.81. The van der Waals surface area contributed by atoms with Gasteiger partial charge in [0.15, 0.2) is 0 Å². The van der Waals surface area contributed by atoms with Gasteiger partial charge in [0, 0.05) is 37.5 Å². The van der Waals surface area contributed by atoms with Gasteiger partial charge in [0.2, 0.25) is 0 Å². The van der Waals surface area contributed by atoms with Crippen LogP contribution in [0.3, 0.4) is 0 Å². The molecule has 0 bridgehead atoms. The van der Waals surface area contributed by atoms with Crippen LogP contribution in [0.2, 0.25) is 0 Å². The average molecular weight is 329 g/mol. The fourth-order valence-corrected chi connectivity index (χ4v) is 3.00. The lowest BCUT2D eigenvalue weighted by Gasteiger charge is -2.23. The molecule has 0 aromatic carbocycles. The summed E-state index contributed by atoms with van der Waals surface area (Å²) in [6.07, 6.45) is 2.57. The normalized spacial score (nSPS) is 19.5. The van der Waals surface area contributed by atoms with E-state index in [1.807, 2.05) is 14.0 Å². The van der Waals surface area contributed by atoms with Crippen LogP contribution in [0.4, 0.5) is 5.82 Å². The summed E-state index contributed by atoms with van der Waals surface area (Å²) in [5.41, 5.74) is 1.86. The number of fused-ring (bicyclic) bond motifs is 1. The van der Waals surface area contributed by atoms with E-state index in [1.54, 1.807) is 0 Å². The predicted molar refractivity (Wildman–Crippen MR) is 98.1 cm³/mol. The van der Waals surface area contributed by atoms with Gasteiger partial charge in [0.05, 0.1) is 18.0 Å². The summed E-state index contributed by atoms with van der Waals surface area (Å²) in [4.78, 5) is 16.1. The molecule has 1 aliphatic rings. The molecule has 3 rings (SSSR count). The van der Waals surface area contributed by atoms with Gasteiger partial charge in [0.1, 0.15) is 17.3 Å². The van der Waals surface area contributed by atoms with Crippen molar-refractivity contribution in [1.29, 1.82) is 0 Å². The molecule has 0 aliphatic carbocycles. The molecule has 0 spiro atoms. The summed E-state index contributed by atoms with van der Waals surface area (Å²) >= 11 is 0. The molecule has 2 aromatic heterocycles. The topological polar surface area (TPSA) is 66.5 Å². The summed E-state index contributed by atoms with van der Waals surface area (Å²) in [5, 5.41) is 11.0. The van der Waals surface area contributed by atoms with Gasteiger partial charge in [-0.25, -0.2) is 9.97 Å². The highest BCUT2D eigenvalue weighted by molar-refractivity contribution is 5.90. The third-order valence-electron chi connectivity index (χ3n) is 4.51. The predicted octanol–water partition coefficient (Wildman–Crippen LogP) is 2.39. The molecule has 1 unspecified atom stereocenters. The highest BCUT2D eigenvalue weighted by Gasteiger charge is 2.27. The maximum absolute atomic E-state index is 9.91. The zero-order chi connectivity index (χ0) is 17.5. The minimum Gasteiger partial charge on any atom is -0.391 e. The quantitative estimate of drug-likeness (QED) is 0.878. The molecule has 1 N–H and O–H groups in total. The fraction of sp³-hybridized carbons (Fsp3) is 0.611. The monoisotopic (exact) mass is 329 g/mol. The van der Waals surface area contributed by atoms with Crippen molar-refractivity contribution in [3.8, 4) is 0 Å². The molecule has 1 aliphatic heterocycles. The number of aliphatic imine (C=N–C) groups is 1. The van der Waals surface area contributed by atoms with Crippen LogP contribution in [0.15, 0.2) is 17.3 Å². The lowest BCUT2D eigenvalue weighted by atomic mass is 9.95. The lowest BCUT2D eigenvalue weighted by molar-refractivity contribution is 0.198. The van der Waals surface area contributed by atoms with Crippen molar-refractivity contribution in [2.24, 2.45) is 4.99 Å². The highest BCUT2D eigenvalue weighted by atomic mass is 16.3. The summed E-state index contributed by atoms with van der Waals surface area (Å²) in [6.45, 7) is 10.6. The van der Waals surface area contributed by atoms with Crippen LogP contribution in [-0.2, 0) is 12.0 Å². The van der Waals surface area contributed by atoms with Gasteiger partial charge < -0.3 is 14.6 Å². The summed E-state index contributed by atoms with van der Waals surface area (Å²) in [6, 6.07) is 2.07. The van der Waals surface area contributed by atoms with Crippen LogP contribution in [0.25, 0.3) is 11.0 Å². The van der Waals surface area contributed by atoms with Gasteiger partial charge in [-0.05, 0) is 19.4 Å². The number of β-amino-alcohol motifs (C(OH)–C–C–N with tert-alkyl or cyclic N) is 1. The zero-order valence-corrected chi connectivity index (χ0v) is 15.2. The number of aromatic nitrogens is 3. The van der Waals surface area contributed by atoms with Crippen molar-refractivity contribution >= 4 is 22.6 Å². The Hall–Kier alpha value is -1.95. The van der Waals surface area contributed by atoms with Crippen LogP contribution in [0, 0.1) is 0 Å². The first-order chi connectivity index (χ1) is 11.3. The van der Waals surface area contributed by atoms with Crippen LogP contribution in [-0.4, -0.2) is 51.6 Å². The Morgan fingerprint density at radius 3 is 2.71 bits per heavy atom. The van der Waals surface area contributed by atoms with Crippen molar-refractivity contribution < 1.29 is 5.11 Å². The minimum atomic E-state index is -0.273. The Morgan fingerprint density at radius 2 is 2.12 bits per heavy atom. The van der Waals surface area contributed by atoms with Crippen molar-refractivity contribution in [2.45, 2.75) is 52.2 Å². The molecule has 1 atom stereocenters. The number of aliphatic hydroxyl groups excluding tert-OH is 1. The van der Waals surface area contributed by atoms with Crippen molar-refractivity contribution in [2.75, 3.05) is 25.0 Å². The largest absolute Gasteiger partial charge is 0.391 e. The Kier molecular flexibility index (Phi) is 4.34. The van der Waals surface area contributed by atoms with Gasteiger partial charge in [0.25, 0.3) is 0 Å². The third kappa shape index (κ3) is 3.15. The van der Waals surface area contributed by atoms with E-state index in [2.05, 4.69) is 47.5 Å². The summed E-state index contributed by atoms with van der Waals surface area (Å²) < 4.78 is 2.13. The Morgan fingerprint density at radius 1 is 1.38 bits per heavy atom. The molecule has 24 heavy (non-hydrogen) atoms. The van der Waals surface area contributed by atoms with E-state index in [0.717, 1.165) is 47.9 Å². The van der Waals surface area contributed by atoms with E-state index >= 15 is 0 Å². The van der Waals surface area contributed by atoms with Crippen molar-refractivity contribution in [3.63, 3.8) is 0 Å². The first-order valence-corrected chi connectivity index (χ1v) is 8.52. The number of rotatable bonds is 3. The number of aliphatic hydroxyl groups is 1. The van der Waals surface area contributed by atoms with Gasteiger partial charge in [-0.1, -0.05) is 20.8 Å². The second-order valence-electron chi connectivity index (χ2n) is 7.65. The van der Waals surface area contributed by atoms with Gasteiger partial charge in [-0.15, -0.1) is 0 Å². The average Bonchev–Trinajstić information content (AvgIpc) is 3.12. The second-order valence-corrected chi connectivity index (χ2v) is 7.65. The van der Waals surface area contributed by atoms with Crippen molar-refractivity contribution in [1.82, 2.24) is 14.5 Å². The van der Waals surface area contributed by atoms with E-state index in [-0.39, 0.29) is 11.5 Å². The third-order valence-corrected chi connectivity index (χ3v) is 4.51. The second kappa shape index (κ2) is 6.16. The Bertz CT molecular complexity index is 772. The standard InChI is InChI=1S/C18H27N5O/c1-12(19-5)10-22-9-7-14-15(22)20-17(18(2,3)4)21-16(14)23-8-6-13(24)11-23/h7,9,13,24H,6,8,10-11H2,1-5H3. The number of anilines is 1. The number of hydrogen-bond donors (Lipinski definition) is 1. The Balaban J connectivity index is 2.15. The minimum absolute atomic E-state index is 0.135. The van der Waals surface area contributed by atoms with E-state index in [9.17, 15) is 5.11 Å². The molecule has 0 saturated carbocycles. The molecular formula is C18H27N5O. The lowest BCUT2D eigenvalue weighted by Crippen LogP contribution is -2.25. The Labute approximate surface area is 143 Å². The van der Waals surface area contributed by atoms with Crippen LogP contribution in [0.1, 0.15) is 39.9 Å². The molecule has 0 amide bonds. The molecule has 1 saturated heterocycles.